The van der Waals surface area contributed by atoms with Crippen molar-refractivity contribution in [3.05, 3.63) is 11.8 Å². The van der Waals surface area contributed by atoms with Crippen LogP contribution in [0.1, 0.15) is 45.6 Å². The number of sulfonamides is 1. The van der Waals surface area contributed by atoms with Crippen molar-refractivity contribution in [1.29, 1.82) is 0 Å². The third-order valence-electron chi connectivity index (χ3n) is 3.50. The smallest absolute Gasteiger partial charge is 0.258 e. The highest BCUT2D eigenvalue weighted by Gasteiger charge is 2.32. The molecule has 104 valence electrons. The van der Waals surface area contributed by atoms with Gasteiger partial charge < -0.3 is 5.11 Å². The predicted octanol–water partition coefficient (Wildman–Crippen LogP) is 1.15. The molecule has 7 heteroatoms. The van der Waals surface area contributed by atoms with Crippen LogP contribution in [0.2, 0.25) is 0 Å². The highest BCUT2D eigenvalue weighted by atomic mass is 32.2. The van der Waals surface area contributed by atoms with Gasteiger partial charge in [-0.25, -0.2) is 13.1 Å². The van der Waals surface area contributed by atoms with Gasteiger partial charge in [0, 0.05) is 11.1 Å². The van der Waals surface area contributed by atoms with Crippen LogP contribution in [-0.4, -0.2) is 29.3 Å². The number of H-pyrrole nitrogens is 1. The number of aliphatic hydroxyl groups is 1. The van der Waals surface area contributed by atoms with Gasteiger partial charge in [-0.3, -0.25) is 5.10 Å². The molecular formula is C11H21N3O3S. The minimum atomic E-state index is -3.68. The first-order valence-electron chi connectivity index (χ1n) is 6.11. The third kappa shape index (κ3) is 2.90. The number of aromatic nitrogens is 2. The van der Waals surface area contributed by atoms with Gasteiger partial charge in [-0.2, -0.15) is 5.10 Å². The summed E-state index contributed by atoms with van der Waals surface area (Å²) in [6.07, 6.45) is 3.45. The topological polar surface area (TPSA) is 95.1 Å². The molecule has 0 aliphatic rings. The van der Waals surface area contributed by atoms with Gasteiger partial charge in [-0.05, 0) is 19.3 Å². The van der Waals surface area contributed by atoms with E-state index in [1.807, 2.05) is 20.8 Å². The standard InChI is InChI=1S/C11H21N3O3S/c1-4-11(5-2,6-3)14-18(16,17)10-9(8-15)7-12-13-10/h7,14-15H,4-6,8H2,1-3H3,(H,12,13). The van der Waals surface area contributed by atoms with Gasteiger partial charge in [0.25, 0.3) is 10.0 Å². The molecule has 1 rings (SSSR count). The summed E-state index contributed by atoms with van der Waals surface area (Å²) in [5, 5.41) is 15.1. The second-order valence-corrected chi connectivity index (χ2v) is 5.95. The number of aliphatic hydroxyl groups excluding tert-OH is 1. The van der Waals surface area contributed by atoms with E-state index in [0.29, 0.717) is 19.3 Å². The highest BCUT2D eigenvalue weighted by molar-refractivity contribution is 7.89. The first kappa shape index (κ1) is 15.1. The Morgan fingerprint density at radius 2 is 1.89 bits per heavy atom. The maximum Gasteiger partial charge on any atom is 0.258 e. The number of nitrogens with one attached hydrogen (secondary N) is 2. The quantitative estimate of drug-likeness (QED) is 0.695. The van der Waals surface area contributed by atoms with Crippen molar-refractivity contribution in [1.82, 2.24) is 14.9 Å². The van der Waals surface area contributed by atoms with Gasteiger partial charge in [-0.1, -0.05) is 20.8 Å². The summed E-state index contributed by atoms with van der Waals surface area (Å²) in [4.78, 5) is 0. The fourth-order valence-electron chi connectivity index (χ4n) is 1.95. The van der Waals surface area contributed by atoms with E-state index in [2.05, 4.69) is 14.9 Å². The summed E-state index contributed by atoms with van der Waals surface area (Å²) in [6, 6.07) is 0. The fourth-order valence-corrected chi connectivity index (χ4v) is 3.69. The molecule has 3 N–H and O–H groups in total. The van der Waals surface area contributed by atoms with Gasteiger partial charge >= 0.3 is 0 Å². The molecule has 0 fully saturated rings. The van der Waals surface area contributed by atoms with Crippen molar-refractivity contribution in [3.8, 4) is 0 Å². The van der Waals surface area contributed by atoms with Crippen molar-refractivity contribution < 1.29 is 13.5 Å². The molecule has 1 aromatic rings. The lowest BCUT2D eigenvalue weighted by molar-refractivity contribution is 0.278. The Hall–Kier alpha value is -0.920. The third-order valence-corrected chi connectivity index (χ3v) is 5.09. The van der Waals surface area contributed by atoms with E-state index in [0.717, 1.165) is 0 Å². The average Bonchev–Trinajstić information content (AvgIpc) is 2.85. The zero-order valence-corrected chi connectivity index (χ0v) is 11.8. The van der Waals surface area contributed by atoms with Crippen molar-refractivity contribution in [2.24, 2.45) is 0 Å². The van der Waals surface area contributed by atoms with E-state index in [-0.39, 0.29) is 17.2 Å². The Balaban J connectivity index is 3.08. The van der Waals surface area contributed by atoms with Crippen molar-refractivity contribution in [3.63, 3.8) is 0 Å². The molecule has 0 bridgehead atoms. The highest BCUT2D eigenvalue weighted by Crippen LogP contribution is 2.23. The first-order valence-corrected chi connectivity index (χ1v) is 7.60. The van der Waals surface area contributed by atoms with E-state index in [1.165, 1.54) is 6.20 Å². The van der Waals surface area contributed by atoms with E-state index in [9.17, 15) is 8.42 Å². The molecule has 1 aromatic heterocycles. The minimum absolute atomic E-state index is 0.0512. The van der Waals surface area contributed by atoms with E-state index >= 15 is 0 Å². The molecule has 1 heterocycles. The van der Waals surface area contributed by atoms with E-state index in [1.54, 1.807) is 0 Å². The van der Waals surface area contributed by atoms with Crippen LogP contribution >= 0.6 is 0 Å². The second kappa shape index (κ2) is 5.81. The molecule has 0 saturated carbocycles. The summed E-state index contributed by atoms with van der Waals surface area (Å²) in [5.74, 6) is 0. The summed E-state index contributed by atoms with van der Waals surface area (Å²) >= 11 is 0. The monoisotopic (exact) mass is 275 g/mol. The van der Waals surface area contributed by atoms with Crippen LogP contribution in [0, 0.1) is 0 Å². The largest absolute Gasteiger partial charge is 0.392 e. The zero-order valence-electron chi connectivity index (χ0n) is 11.0. The molecule has 18 heavy (non-hydrogen) atoms. The lowest BCUT2D eigenvalue weighted by Crippen LogP contribution is -2.47. The molecular weight excluding hydrogens is 254 g/mol. The predicted molar refractivity (Wildman–Crippen MR) is 68.4 cm³/mol. The number of aromatic amines is 1. The van der Waals surface area contributed by atoms with Crippen LogP contribution in [0.5, 0.6) is 0 Å². The second-order valence-electron chi connectivity index (χ2n) is 4.33. The molecule has 0 radical (unpaired) electrons. The van der Waals surface area contributed by atoms with Crippen LogP contribution in [0.4, 0.5) is 0 Å². The molecule has 0 saturated heterocycles. The summed E-state index contributed by atoms with van der Waals surface area (Å²) in [6.45, 7) is 5.50. The molecule has 0 amide bonds. The van der Waals surface area contributed by atoms with Gasteiger partial charge in [0.2, 0.25) is 0 Å². The van der Waals surface area contributed by atoms with Crippen LogP contribution in [0.3, 0.4) is 0 Å². The minimum Gasteiger partial charge on any atom is -0.392 e. The molecule has 0 atom stereocenters. The van der Waals surface area contributed by atoms with Gasteiger partial charge in [-0.15, -0.1) is 0 Å². The molecule has 0 aromatic carbocycles. The summed E-state index contributed by atoms with van der Waals surface area (Å²) in [7, 11) is -3.68. The van der Waals surface area contributed by atoms with E-state index in [4.69, 9.17) is 5.11 Å². The molecule has 0 aliphatic heterocycles. The van der Waals surface area contributed by atoms with Crippen molar-refractivity contribution in [2.75, 3.05) is 0 Å². The van der Waals surface area contributed by atoms with Gasteiger partial charge in [0.05, 0.1) is 12.8 Å². The van der Waals surface area contributed by atoms with Crippen molar-refractivity contribution >= 4 is 10.0 Å². The number of hydrogen-bond donors (Lipinski definition) is 3. The Kier molecular flexibility index (Phi) is 4.89. The Bertz CT molecular complexity index is 469. The van der Waals surface area contributed by atoms with Crippen molar-refractivity contribution in [2.45, 2.75) is 57.2 Å². The van der Waals surface area contributed by atoms with Crippen LogP contribution in [0.25, 0.3) is 0 Å². The Morgan fingerprint density at radius 3 is 2.33 bits per heavy atom. The average molecular weight is 275 g/mol. The van der Waals surface area contributed by atoms with Crippen LogP contribution in [0.15, 0.2) is 11.2 Å². The van der Waals surface area contributed by atoms with Gasteiger partial charge in [0.1, 0.15) is 0 Å². The molecule has 0 spiro atoms. The maximum atomic E-state index is 12.3. The van der Waals surface area contributed by atoms with E-state index < -0.39 is 15.6 Å². The summed E-state index contributed by atoms with van der Waals surface area (Å²) in [5.41, 5.74) is -0.170. The molecule has 0 unspecified atom stereocenters. The first-order chi connectivity index (χ1) is 8.44. The lowest BCUT2D eigenvalue weighted by atomic mass is 9.91. The molecule has 6 nitrogen and oxygen atoms in total. The maximum absolute atomic E-state index is 12.3. The SMILES string of the molecule is CCC(CC)(CC)NS(=O)(=O)c1[nH]ncc1CO. The number of rotatable bonds is 7. The molecule has 0 aliphatic carbocycles. The van der Waals surface area contributed by atoms with Crippen LogP contribution < -0.4 is 4.72 Å². The number of hydrogen-bond acceptors (Lipinski definition) is 4. The van der Waals surface area contributed by atoms with Crippen LogP contribution in [-0.2, 0) is 16.6 Å². The Labute approximate surface area is 108 Å². The summed E-state index contributed by atoms with van der Waals surface area (Å²) < 4.78 is 27.3. The lowest BCUT2D eigenvalue weighted by Gasteiger charge is -2.31. The fraction of sp³-hybridized carbons (Fsp3) is 0.727. The normalized spacial score (nSPS) is 12.9. The Morgan fingerprint density at radius 1 is 1.33 bits per heavy atom. The van der Waals surface area contributed by atoms with Gasteiger partial charge in [0.15, 0.2) is 5.03 Å². The number of nitrogens with zero attached hydrogens (tertiary/aromatic N) is 1. The zero-order chi connectivity index (χ0) is 13.8.